The fourth-order valence-corrected chi connectivity index (χ4v) is 3.35. The van der Waals surface area contributed by atoms with Crippen LogP contribution in [0.4, 0.5) is 4.39 Å². The summed E-state index contributed by atoms with van der Waals surface area (Å²) in [5, 5.41) is 10.7. The van der Waals surface area contributed by atoms with Gasteiger partial charge < -0.3 is 10.6 Å². The van der Waals surface area contributed by atoms with Gasteiger partial charge in [0.1, 0.15) is 5.82 Å². The second-order valence-electron chi connectivity index (χ2n) is 4.63. The van der Waals surface area contributed by atoms with E-state index in [4.69, 9.17) is 0 Å². The molecule has 1 aromatic heterocycles. The highest BCUT2D eigenvalue weighted by atomic mass is 32.2. The predicted molar refractivity (Wildman–Crippen MR) is 95.1 cm³/mol. The van der Waals surface area contributed by atoms with Crippen molar-refractivity contribution in [3.63, 3.8) is 0 Å². The number of thioether (sulfide) groups is 1. The lowest BCUT2D eigenvalue weighted by Gasteiger charge is -2.11. The molecule has 2 rings (SSSR count). The van der Waals surface area contributed by atoms with Crippen molar-refractivity contribution in [2.24, 2.45) is 4.99 Å². The van der Waals surface area contributed by atoms with E-state index in [1.165, 1.54) is 11.6 Å². The molecule has 2 aromatic rings. The summed E-state index contributed by atoms with van der Waals surface area (Å²) in [7, 11) is 1.76. The van der Waals surface area contributed by atoms with Crippen molar-refractivity contribution in [1.29, 1.82) is 0 Å². The lowest BCUT2D eigenvalue weighted by atomic mass is 10.2. The number of nitrogens with one attached hydrogen (secondary N) is 2. The molecule has 0 aliphatic rings. The molecule has 0 amide bonds. The average Bonchev–Trinajstić information content (AvgIpc) is 3.05. The van der Waals surface area contributed by atoms with Crippen LogP contribution in [0.15, 0.2) is 46.1 Å². The standard InChI is InChI=1S/C16H20FN3S2/c1-18-16(20-10-13-6-8-21-11-13)19-7-9-22-12-14-4-2-3-5-15(14)17/h2-6,8,11H,7,9-10,12H2,1H3,(H2,18,19,20). The van der Waals surface area contributed by atoms with E-state index in [-0.39, 0.29) is 5.82 Å². The second kappa shape index (κ2) is 9.48. The fraction of sp³-hybridized carbons (Fsp3) is 0.312. The van der Waals surface area contributed by atoms with Crippen LogP contribution in [-0.2, 0) is 12.3 Å². The highest BCUT2D eigenvalue weighted by molar-refractivity contribution is 7.98. The number of guanidine groups is 1. The van der Waals surface area contributed by atoms with Gasteiger partial charge in [-0.1, -0.05) is 18.2 Å². The second-order valence-corrected chi connectivity index (χ2v) is 6.51. The van der Waals surface area contributed by atoms with Crippen LogP contribution in [0.2, 0.25) is 0 Å². The Kier molecular flexibility index (Phi) is 7.25. The van der Waals surface area contributed by atoms with E-state index < -0.39 is 0 Å². The van der Waals surface area contributed by atoms with Gasteiger partial charge in [-0.3, -0.25) is 4.99 Å². The Morgan fingerprint density at radius 1 is 1.27 bits per heavy atom. The summed E-state index contributed by atoms with van der Waals surface area (Å²) in [5.41, 5.74) is 2.01. The van der Waals surface area contributed by atoms with E-state index >= 15 is 0 Å². The summed E-state index contributed by atoms with van der Waals surface area (Å²) in [4.78, 5) is 4.19. The molecule has 0 saturated carbocycles. The number of benzene rings is 1. The van der Waals surface area contributed by atoms with E-state index in [0.717, 1.165) is 30.4 Å². The summed E-state index contributed by atoms with van der Waals surface area (Å²) < 4.78 is 13.5. The molecule has 0 unspecified atom stereocenters. The van der Waals surface area contributed by atoms with Crippen molar-refractivity contribution in [2.75, 3.05) is 19.3 Å². The van der Waals surface area contributed by atoms with Crippen LogP contribution in [0.3, 0.4) is 0 Å². The van der Waals surface area contributed by atoms with Crippen molar-refractivity contribution in [3.05, 3.63) is 58.0 Å². The number of hydrogen-bond acceptors (Lipinski definition) is 3. The molecule has 1 heterocycles. The maximum absolute atomic E-state index is 13.5. The van der Waals surface area contributed by atoms with Gasteiger partial charge in [-0.25, -0.2) is 4.39 Å². The first-order valence-corrected chi connectivity index (χ1v) is 9.16. The number of thiophene rings is 1. The largest absolute Gasteiger partial charge is 0.356 e. The van der Waals surface area contributed by atoms with Gasteiger partial charge in [0, 0.05) is 31.6 Å². The van der Waals surface area contributed by atoms with Gasteiger partial charge in [-0.15, -0.1) is 0 Å². The zero-order valence-corrected chi connectivity index (χ0v) is 14.1. The molecule has 0 atom stereocenters. The molecule has 6 heteroatoms. The number of halogens is 1. The molecule has 3 nitrogen and oxygen atoms in total. The number of hydrogen-bond donors (Lipinski definition) is 2. The Morgan fingerprint density at radius 2 is 2.14 bits per heavy atom. The number of rotatable bonds is 7. The quantitative estimate of drug-likeness (QED) is 0.461. The number of aliphatic imine (C=N–C) groups is 1. The van der Waals surface area contributed by atoms with Gasteiger partial charge in [0.15, 0.2) is 5.96 Å². The van der Waals surface area contributed by atoms with Crippen LogP contribution >= 0.6 is 23.1 Å². The topological polar surface area (TPSA) is 36.4 Å². The summed E-state index contributed by atoms with van der Waals surface area (Å²) in [6.07, 6.45) is 0. The molecular formula is C16H20FN3S2. The lowest BCUT2D eigenvalue weighted by Crippen LogP contribution is -2.37. The molecule has 0 bridgehead atoms. The SMILES string of the molecule is CN=C(NCCSCc1ccccc1F)NCc1ccsc1. The minimum absolute atomic E-state index is 0.129. The van der Waals surface area contributed by atoms with Crippen LogP contribution in [0.25, 0.3) is 0 Å². The van der Waals surface area contributed by atoms with E-state index in [0.29, 0.717) is 5.75 Å². The fourth-order valence-electron chi connectivity index (χ4n) is 1.84. The van der Waals surface area contributed by atoms with Gasteiger partial charge in [-0.2, -0.15) is 23.1 Å². The van der Waals surface area contributed by atoms with Crippen LogP contribution in [0, 0.1) is 5.82 Å². The zero-order valence-electron chi connectivity index (χ0n) is 12.5. The van der Waals surface area contributed by atoms with Crippen molar-refractivity contribution in [1.82, 2.24) is 10.6 Å². The molecule has 2 N–H and O–H groups in total. The minimum atomic E-state index is -0.129. The first-order chi connectivity index (χ1) is 10.8. The molecule has 0 aliphatic carbocycles. The van der Waals surface area contributed by atoms with Gasteiger partial charge in [0.2, 0.25) is 0 Å². The van der Waals surface area contributed by atoms with E-state index in [2.05, 4.69) is 32.5 Å². The number of nitrogens with zero attached hydrogens (tertiary/aromatic N) is 1. The summed E-state index contributed by atoms with van der Waals surface area (Å²) in [6.45, 7) is 1.56. The smallest absolute Gasteiger partial charge is 0.191 e. The van der Waals surface area contributed by atoms with Crippen LogP contribution in [0.1, 0.15) is 11.1 Å². The monoisotopic (exact) mass is 337 g/mol. The van der Waals surface area contributed by atoms with Crippen LogP contribution in [0.5, 0.6) is 0 Å². The summed E-state index contributed by atoms with van der Waals surface area (Å²) >= 11 is 3.39. The molecule has 0 saturated heterocycles. The first-order valence-electron chi connectivity index (χ1n) is 7.06. The van der Waals surface area contributed by atoms with Crippen molar-refractivity contribution in [3.8, 4) is 0 Å². The van der Waals surface area contributed by atoms with Crippen LogP contribution < -0.4 is 10.6 Å². The summed E-state index contributed by atoms with van der Waals surface area (Å²) in [6, 6.07) is 9.01. The third kappa shape index (κ3) is 5.69. The molecule has 0 spiro atoms. The molecule has 0 radical (unpaired) electrons. The van der Waals surface area contributed by atoms with Gasteiger partial charge in [0.05, 0.1) is 0 Å². The van der Waals surface area contributed by atoms with Gasteiger partial charge >= 0.3 is 0 Å². The maximum atomic E-state index is 13.5. The molecule has 0 fully saturated rings. The zero-order chi connectivity index (χ0) is 15.6. The highest BCUT2D eigenvalue weighted by Gasteiger charge is 2.01. The van der Waals surface area contributed by atoms with Crippen molar-refractivity contribution < 1.29 is 4.39 Å². The molecule has 118 valence electrons. The van der Waals surface area contributed by atoms with Crippen LogP contribution in [-0.4, -0.2) is 25.3 Å². The van der Waals surface area contributed by atoms with Crippen molar-refractivity contribution in [2.45, 2.75) is 12.3 Å². The normalized spacial score (nSPS) is 11.5. The predicted octanol–water partition coefficient (Wildman–Crippen LogP) is 3.49. The Hall–Kier alpha value is -1.53. The average molecular weight is 337 g/mol. The first kappa shape index (κ1) is 16.8. The Balaban J connectivity index is 1.61. The molecular weight excluding hydrogens is 317 g/mol. The van der Waals surface area contributed by atoms with Gasteiger partial charge in [-0.05, 0) is 34.0 Å². The third-order valence-corrected chi connectivity index (χ3v) is 4.76. The Bertz CT molecular complexity index is 585. The van der Waals surface area contributed by atoms with Crippen molar-refractivity contribution >= 4 is 29.1 Å². The Labute approximate surface area is 139 Å². The third-order valence-electron chi connectivity index (χ3n) is 3.02. The van der Waals surface area contributed by atoms with E-state index in [1.54, 1.807) is 36.2 Å². The molecule has 22 heavy (non-hydrogen) atoms. The Morgan fingerprint density at radius 3 is 2.86 bits per heavy atom. The summed E-state index contributed by atoms with van der Waals surface area (Å²) in [5.74, 6) is 2.25. The van der Waals surface area contributed by atoms with E-state index in [1.807, 2.05) is 12.1 Å². The molecule has 1 aromatic carbocycles. The molecule has 0 aliphatic heterocycles. The minimum Gasteiger partial charge on any atom is -0.356 e. The maximum Gasteiger partial charge on any atom is 0.191 e. The lowest BCUT2D eigenvalue weighted by molar-refractivity contribution is 0.617. The van der Waals surface area contributed by atoms with E-state index in [9.17, 15) is 4.39 Å². The van der Waals surface area contributed by atoms with Gasteiger partial charge in [0.25, 0.3) is 0 Å². The highest BCUT2D eigenvalue weighted by Crippen LogP contribution is 2.14.